The van der Waals surface area contributed by atoms with Gasteiger partial charge in [-0.3, -0.25) is 9.59 Å². The highest BCUT2D eigenvalue weighted by atomic mass is 35.5. The van der Waals surface area contributed by atoms with Gasteiger partial charge in [0.15, 0.2) is 0 Å². The molecule has 0 atom stereocenters. The normalized spacial score (nSPS) is 10.6. The summed E-state index contributed by atoms with van der Waals surface area (Å²) >= 11 is 6.20. The van der Waals surface area contributed by atoms with E-state index in [1.165, 1.54) is 0 Å². The van der Waals surface area contributed by atoms with Crippen molar-refractivity contribution >= 4 is 29.1 Å². The Morgan fingerprint density at radius 1 is 1.04 bits per heavy atom. The standard InChI is InChI=1S/C21H21ClN4O2/c1-13-20(22)14(2)26(25-13)18-10-6-16(7-11-18)21(28)24-17-8-4-15(5-9-17)12-19(27)23-3/h4-11H,12H2,1-3H3,(H,23,27)(H,24,28). The van der Waals surface area contributed by atoms with Crippen LogP contribution in [0.1, 0.15) is 27.3 Å². The maximum absolute atomic E-state index is 12.5. The summed E-state index contributed by atoms with van der Waals surface area (Å²) in [6.45, 7) is 3.75. The zero-order valence-corrected chi connectivity index (χ0v) is 16.7. The van der Waals surface area contributed by atoms with Gasteiger partial charge in [0, 0.05) is 18.3 Å². The number of nitrogens with zero attached hydrogens (tertiary/aromatic N) is 2. The third kappa shape index (κ3) is 4.23. The molecule has 144 valence electrons. The van der Waals surface area contributed by atoms with Gasteiger partial charge < -0.3 is 10.6 Å². The number of halogens is 1. The molecule has 0 fully saturated rings. The first-order chi connectivity index (χ1) is 13.4. The Bertz CT molecular complexity index is 1010. The summed E-state index contributed by atoms with van der Waals surface area (Å²) in [5, 5.41) is 10.5. The molecule has 0 bridgehead atoms. The van der Waals surface area contributed by atoms with Gasteiger partial charge in [-0.05, 0) is 55.8 Å². The predicted molar refractivity (Wildman–Crippen MR) is 110 cm³/mol. The highest BCUT2D eigenvalue weighted by Crippen LogP contribution is 2.22. The van der Waals surface area contributed by atoms with Crippen LogP contribution in [0.4, 0.5) is 5.69 Å². The smallest absolute Gasteiger partial charge is 0.255 e. The number of aryl methyl sites for hydroxylation is 1. The second-order valence-electron chi connectivity index (χ2n) is 6.44. The summed E-state index contributed by atoms with van der Waals surface area (Å²) in [6, 6.07) is 14.4. The quantitative estimate of drug-likeness (QED) is 0.690. The van der Waals surface area contributed by atoms with Crippen LogP contribution in [0.3, 0.4) is 0 Å². The Kier molecular flexibility index (Phi) is 5.80. The number of anilines is 1. The highest BCUT2D eigenvalue weighted by molar-refractivity contribution is 6.31. The van der Waals surface area contributed by atoms with Crippen LogP contribution in [0.2, 0.25) is 5.02 Å². The van der Waals surface area contributed by atoms with Gasteiger partial charge in [-0.25, -0.2) is 4.68 Å². The largest absolute Gasteiger partial charge is 0.359 e. The number of aromatic nitrogens is 2. The molecule has 28 heavy (non-hydrogen) atoms. The van der Waals surface area contributed by atoms with E-state index in [0.29, 0.717) is 22.7 Å². The molecule has 0 aliphatic heterocycles. The highest BCUT2D eigenvalue weighted by Gasteiger charge is 2.12. The minimum absolute atomic E-state index is 0.0548. The average Bonchev–Trinajstić information content (AvgIpc) is 2.96. The molecule has 7 heteroatoms. The molecule has 3 aromatic rings. The van der Waals surface area contributed by atoms with Gasteiger partial charge in [0.1, 0.15) is 0 Å². The maximum atomic E-state index is 12.5. The van der Waals surface area contributed by atoms with Crippen molar-refractivity contribution in [2.75, 3.05) is 12.4 Å². The molecule has 2 aromatic carbocycles. The van der Waals surface area contributed by atoms with Crippen LogP contribution in [-0.4, -0.2) is 28.6 Å². The van der Waals surface area contributed by atoms with Gasteiger partial charge in [0.2, 0.25) is 5.91 Å². The summed E-state index contributed by atoms with van der Waals surface area (Å²) in [7, 11) is 1.60. The van der Waals surface area contributed by atoms with Crippen molar-refractivity contribution in [2.45, 2.75) is 20.3 Å². The Labute approximate surface area is 168 Å². The van der Waals surface area contributed by atoms with Crippen molar-refractivity contribution < 1.29 is 9.59 Å². The van der Waals surface area contributed by atoms with E-state index in [1.54, 1.807) is 36.0 Å². The summed E-state index contributed by atoms with van der Waals surface area (Å²) in [4.78, 5) is 23.9. The van der Waals surface area contributed by atoms with Gasteiger partial charge >= 0.3 is 0 Å². The fourth-order valence-electron chi connectivity index (χ4n) is 2.81. The summed E-state index contributed by atoms with van der Waals surface area (Å²) in [6.07, 6.45) is 0.308. The fourth-order valence-corrected chi connectivity index (χ4v) is 2.93. The van der Waals surface area contributed by atoms with Gasteiger partial charge in [-0.2, -0.15) is 5.10 Å². The molecule has 0 aliphatic carbocycles. The zero-order chi connectivity index (χ0) is 20.3. The van der Waals surface area contributed by atoms with E-state index >= 15 is 0 Å². The molecular weight excluding hydrogens is 376 g/mol. The Balaban J connectivity index is 1.69. The molecule has 0 radical (unpaired) electrons. The van der Waals surface area contributed by atoms with E-state index in [-0.39, 0.29) is 11.8 Å². The van der Waals surface area contributed by atoms with E-state index < -0.39 is 0 Å². The molecular formula is C21H21ClN4O2. The molecule has 0 aliphatic rings. The lowest BCUT2D eigenvalue weighted by molar-refractivity contribution is -0.119. The van der Waals surface area contributed by atoms with Crippen LogP contribution in [0.5, 0.6) is 0 Å². The number of carbonyl (C=O) groups excluding carboxylic acids is 2. The van der Waals surface area contributed by atoms with Crippen molar-refractivity contribution in [3.8, 4) is 5.69 Å². The van der Waals surface area contributed by atoms with Crippen molar-refractivity contribution in [1.29, 1.82) is 0 Å². The molecule has 0 saturated heterocycles. The topological polar surface area (TPSA) is 76.0 Å². The number of likely N-dealkylation sites (N-methyl/N-ethyl adjacent to an activating group) is 1. The van der Waals surface area contributed by atoms with E-state index in [9.17, 15) is 9.59 Å². The minimum Gasteiger partial charge on any atom is -0.359 e. The third-order valence-electron chi connectivity index (χ3n) is 4.43. The van der Waals surface area contributed by atoms with E-state index in [0.717, 1.165) is 22.6 Å². The van der Waals surface area contributed by atoms with Crippen molar-refractivity contribution in [3.63, 3.8) is 0 Å². The van der Waals surface area contributed by atoms with Gasteiger partial charge in [-0.15, -0.1) is 0 Å². The predicted octanol–water partition coefficient (Wildman–Crippen LogP) is 3.68. The molecule has 1 heterocycles. The van der Waals surface area contributed by atoms with Crippen LogP contribution in [0, 0.1) is 13.8 Å². The van der Waals surface area contributed by atoms with Crippen LogP contribution >= 0.6 is 11.6 Å². The molecule has 2 amide bonds. The summed E-state index contributed by atoms with van der Waals surface area (Å²) < 4.78 is 1.75. The van der Waals surface area contributed by atoms with E-state index in [2.05, 4.69) is 15.7 Å². The number of carbonyl (C=O) groups is 2. The van der Waals surface area contributed by atoms with Crippen LogP contribution in [0.25, 0.3) is 5.69 Å². The number of benzene rings is 2. The lowest BCUT2D eigenvalue weighted by Gasteiger charge is -2.08. The lowest BCUT2D eigenvalue weighted by atomic mass is 10.1. The molecule has 0 unspecified atom stereocenters. The third-order valence-corrected chi connectivity index (χ3v) is 4.98. The van der Waals surface area contributed by atoms with Crippen molar-refractivity contribution in [3.05, 3.63) is 76.1 Å². The maximum Gasteiger partial charge on any atom is 0.255 e. The molecule has 3 rings (SSSR count). The molecule has 1 aromatic heterocycles. The molecule has 0 spiro atoms. The first-order valence-corrected chi connectivity index (χ1v) is 9.20. The number of hydrogen-bond acceptors (Lipinski definition) is 3. The van der Waals surface area contributed by atoms with Crippen molar-refractivity contribution in [2.24, 2.45) is 0 Å². The number of hydrogen-bond donors (Lipinski definition) is 2. The summed E-state index contributed by atoms with van der Waals surface area (Å²) in [5.41, 5.74) is 4.53. The minimum atomic E-state index is -0.211. The van der Waals surface area contributed by atoms with Crippen LogP contribution in [-0.2, 0) is 11.2 Å². The van der Waals surface area contributed by atoms with E-state index in [1.807, 2.05) is 38.1 Å². The first-order valence-electron chi connectivity index (χ1n) is 8.82. The van der Waals surface area contributed by atoms with Crippen LogP contribution in [0.15, 0.2) is 48.5 Å². The van der Waals surface area contributed by atoms with Gasteiger partial charge in [-0.1, -0.05) is 23.7 Å². The number of rotatable bonds is 5. The Morgan fingerprint density at radius 3 is 2.21 bits per heavy atom. The molecule has 2 N–H and O–H groups in total. The fraction of sp³-hybridized carbons (Fsp3) is 0.190. The first kappa shape index (κ1) is 19.6. The SMILES string of the molecule is CNC(=O)Cc1ccc(NC(=O)c2ccc(-n3nc(C)c(Cl)c3C)cc2)cc1. The Morgan fingerprint density at radius 2 is 1.68 bits per heavy atom. The zero-order valence-electron chi connectivity index (χ0n) is 15.9. The Hall–Kier alpha value is -3.12. The van der Waals surface area contributed by atoms with Gasteiger partial charge in [0.25, 0.3) is 5.91 Å². The average molecular weight is 397 g/mol. The van der Waals surface area contributed by atoms with Crippen molar-refractivity contribution in [1.82, 2.24) is 15.1 Å². The number of amides is 2. The second-order valence-corrected chi connectivity index (χ2v) is 6.82. The van der Waals surface area contributed by atoms with E-state index in [4.69, 9.17) is 11.6 Å². The molecule has 0 saturated carbocycles. The monoisotopic (exact) mass is 396 g/mol. The molecule has 6 nitrogen and oxygen atoms in total. The van der Waals surface area contributed by atoms with Crippen LogP contribution < -0.4 is 10.6 Å². The lowest BCUT2D eigenvalue weighted by Crippen LogP contribution is -2.19. The second kappa shape index (κ2) is 8.27. The summed E-state index contributed by atoms with van der Waals surface area (Å²) in [5.74, 6) is -0.266. The number of nitrogens with one attached hydrogen (secondary N) is 2. The van der Waals surface area contributed by atoms with Gasteiger partial charge in [0.05, 0.1) is 28.5 Å².